The largest absolute Gasteiger partial charge is 0.497 e. The maximum atomic E-state index is 13.4. The summed E-state index contributed by atoms with van der Waals surface area (Å²) in [5.41, 5.74) is 1.50. The Kier molecular flexibility index (Phi) is 7.96. The van der Waals surface area contributed by atoms with Crippen molar-refractivity contribution in [3.8, 4) is 22.8 Å². The number of aromatic nitrogens is 1. The van der Waals surface area contributed by atoms with Gasteiger partial charge in [-0.2, -0.15) is 0 Å². The van der Waals surface area contributed by atoms with Gasteiger partial charge in [-0.1, -0.05) is 6.07 Å². The van der Waals surface area contributed by atoms with E-state index in [0.717, 1.165) is 12.1 Å². The normalized spacial score (nSPS) is 10.8. The van der Waals surface area contributed by atoms with Crippen LogP contribution < -0.4 is 14.4 Å². The van der Waals surface area contributed by atoms with Gasteiger partial charge in [-0.15, -0.1) is 11.3 Å². The Morgan fingerprint density at radius 3 is 2.58 bits per heavy atom. The Bertz CT molecular complexity index is 1130. The van der Waals surface area contributed by atoms with Crippen LogP contribution in [0.25, 0.3) is 11.3 Å². The summed E-state index contributed by atoms with van der Waals surface area (Å²) in [5, 5.41) is 13.5. The predicted octanol–water partition coefficient (Wildman–Crippen LogP) is 4.33. The number of methoxy groups -OCH3 is 2. The van der Waals surface area contributed by atoms with E-state index in [1.165, 1.54) is 29.5 Å². The zero-order chi connectivity index (χ0) is 24.0. The molecule has 0 unspecified atom stereocenters. The van der Waals surface area contributed by atoms with Crippen LogP contribution in [0.1, 0.15) is 16.8 Å². The fourth-order valence-corrected chi connectivity index (χ4v) is 4.11. The van der Waals surface area contributed by atoms with Crippen molar-refractivity contribution >= 4 is 28.1 Å². The van der Waals surface area contributed by atoms with Gasteiger partial charge in [0.2, 0.25) is 0 Å². The molecule has 0 fully saturated rings. The van der Waals surface area contributed by atoms with Gasteiger partial charge in [0.15, 0.2) is 5.13 Å². The predicted molar refractivity (Wildman–Crippen MR) is 129 cm³/mol. The average molecular weight is 471 g/mol. The molecular weight excluding hydrogens is 444 g/mol. The van der Waals surface area contributed by atoms with Crippen molar-refractivity contribution in [1.29, 1.82) is 0 Å². The molecule has 1 heterocycles. The molecule has 174 valence electrons. The first-order valence-electron chi connectivity index (χ1n) is 10.2. The molecule has 10 heteroatoms. The maximum Gasteiger partial charge on any atom is 0.270 e. The van der Waals surface area contributed by atoms with Gasteiger partial charge in [0, 0.05) is 35.2 Å². The van der Waals surface area contributed by atoms with Crippen molar-refractivity contribution in [3.05, 3.63) is 63.5 Å². The highest BCUT2D eigenvalue weighted by Crippen LogP contribution is 2.36. The van der Waals surface area contributed by atoms with Gasteiger partial charge in [0.05, 0.1) is 24.8 Å². The van der Waals surface area contributed by atoms with E-state index >= 15 is 0 Å². The number of non-ortho nitro benzene ring substituents is 1. The van der Waals surface area contributed by atoms with Crippen LogP contribution in [0.2, 0.25) is 0 Å². The molecule has 0 saturated heterocycles. The number of ether oxygens (including phenoxy) is 2. The summed E-state index contributed by atoms with van der Waals surface area (Å²) in [6, 6.07) is 11.2. The van der Waals surface area contributed by atoms with Crippen LogP contribution in [0.15, 0.2) is 47.8 Å². The molecule has 0 aliphatic carbocycles. The Morgan fingerprint density at radius 1 is 1.12 bits per heavy atom. The van der Waals surface area contributed by atoms with E-state index in [1.807, 2.05) is 30.4 Å². The number of hydrogen-bond donors (Lipinski definition) is 0. The molecule has 0 saturated carbocycles. The SMILES string of the molecule is COc1ccc(OC)c(-c2csc(N(CCCN(C)C)C(=O)c3cccc([N+](=O)[O-])c3)n2)c1. The van der Waals surface area contributed by atoms with Crippen LogP contribution in [0.5, 0.6) is 11.5 Å². The first-order valence-corrected chi connectivity index (χ1v) is 11.1. The van der Waals surface area contributed by atoms with E-state index in [4.69, 9.17) is 14.5 Å². The van der Waals surface area contributed by atoms with Crippen molar-refractivity contribution in [2.45, 2.75) is 6.42 Å². The highest BCUT2D eigenvalue weighted by atomic mass is 32.1. The fourth-order valence-electron chi connectivity index (χ4n) is 3.26. The molecule has 3 rings (SSSR count). The number of benzene rings is 2. The third-order valence-electron chi connectivity index (χ3n) is 4.94. The Labute approximate surface area is 196 Å². The highest BCUT2D eigenvalue weighted by Gasteiger charge is 2.23. The fraction of sp³-hybridized carbons (Fsp3) is 0.304. The van der Waals surface area contributed by atoms with Crippen molar-refractivity contribution in [3.63, 3.8) is 0 Å². The lowest BCUT2D eigenvalue weighted by atomic mass is 10.1. The topological polar surface area (TPSA) is 98.0 Å². The molecule has 33 heavy (non-hydrogen) atoms. The van der Waals surface area contributed by atoms with E-state index in [9.17, 15) is 14.9 Å². The van der Waals surface area contributed by atoms with E-state index in [1.54, 1.807) is 37.3 Å². The van der Waals surface area contributed by atoms with Gasteiger partial charge in [-0.25, -0.2) is 4.98 Å². The molecule has 0 aliphatic rings. The van der Waals surface area contributed by atoms with Gasteiger partial charge in [-0.3, -0.25) is 19.8 Å². The molecule has 0 N–H and O–H groups in total. The molecule has 9 nitrogen and oxygen atoms in total. The summed E-state index contributed by atoms with van der Waals surface area (Å²) < 4.78 is 10.8. The number of anilines is 1. The number of amides is 1. The first kappa shape index (κ1) is 24.1. The van der Waals surface area contributed by atoms with E-state index in [2.05, 4.69) is 0 Å². The molecule has 2 aromatic carbocycles. The third kappa shape index (κ3) is 5.85. The van der Waals surface area contributed by atoms with Crippen LogP contribution >= 0.6 is 11.3 Å². The number of thiazole rings is 1. The standard InChI is InChI=1S/C23H26N4O5S/c1-25(2)11-6-12-26(22(28)16-7-5-8-17(13-16)27(29)30)23-24-20(15-33-23)19-14-18(31-3)9-10-21(19)32-4/h5,7-10,13-15H,6,11-12H2,1-4H3. The molecule has 1 amide bonds. The number of carbonyl (C=O) groups excluding carboxylic acids is 1. The second-order valence-electron chi connectivity index (χ2n) is 7.50. The van der Waals surface area contributed by atoms with Crippen LogP contribution in [-0.4, -0.2) is 62.1 Å². The molecule has 0 bridgehead atoms. The number of carbonyl (C=O) groups is 1. The number of rotatable bonds is 10. The van der Waals surface area contributed by atoms with E-state index in [0.29, 0.717) is 35.3 Å². The highest BCUT2D eigenvalue weighted by molar-refractivity contribution is 7.14. The van der Waals surface area contributed by atoms with Crippen LogP contribution in [-0.2, 0) is 0 Å². The Hall–Kier alpha value is -3.50. The maximum absolute atomic E-state index is 13.4. The summed E-state index contributed by atoms with van der Waals surface area (Å²) >= 11 is 1.33. The molecule has 3 aromatic rings. The van der Waals surface area contributed by atoms with Gasteiger partial charge in [-0.05, 0) is 51.3 Å². The summed E-state index contributed by atoms with van der Waals surface area (Å²) in [6.07, 6.45) is 0.713. The second-order valence-corrected chi connectivity index (χ2v) is 8.34. The van der Waals surface area contributed by atoms with Gasteiger partial charge < -0.3 is 14.4 Å². The Balaban J connectivity index is 1.97. The lowest BCUT2D eigenvalue weighted by molar-refractivity contribution is -0.384. The van der Waals surface area contributed by atoms with Crippen molar-refractivity contribution < 1.29 is 19.2 Å². The summed E-state index contributed by atoms with van der Waals surface area (Å²) in [5.74, 6) is 0.962. The van der Waals surface area contributed by atoms with Crippen molar-refractivity contribution in [1.82, 2.24) is 9.88 Å². The molecule has 0 radical (unpaired) electrons. The summed E-state index contributed by atoms with van der Waals surface area (Å²) in [4.78, 5) is 32.4. The van der Waals surface area contributed by atoms with Gasteiger partial charge in [0.25, 0.3) is 11.6 Å². The van der Waals surface area contributed by atoms with E-state index in [-0.39, 0.29) is 17.2 Å². The monoisotopic (exact) mass is 470 g/mol. The van der Waals surface area contributed by atoms with Gasteiger partial charge in [0.1, 0.15) is 11.5 Å². The molecule has 0 atom stereocenters. The number of hydrogen-bond acceptors (Lipinski definition) is 8. The quantitative estimate of drug-likeness (QED) is 0.321. The zero-order valence-corrected chi connectivity index (χ0v) is 19.8. The molecular formula is C23H26N4O5S. The minimum atomic E-state index is -0.510. The number of nitro benzene ring substituents is 1. The van der Waals surface area contributed by atoms with Crippen molar-refractivity contribution in [2.24, 2.45) is 0 Å². The minimum Gasteiger partial charge on any atom is -0.497 e. The zero-order valence-electron chi connectivity index (χ0n) is 19.0. The smallest absolute Gasteiger partial charge is 0.270 e. The lowest BCUT2D eigenvalue weighted by Crippen LogP contribution is -2.33. The first-order chi connectivity index (χ1) is 15.8. The molecule has 0 spiro atoms. The summed E-state index contributed by atoms with van der Waals surface area (Å²) in [7, 11) is 7.09. The minimum absolute atomic E-state index is 0.130. The lowest BCUT2D eigenvalue weighted by Gasteiger charge is -2.21. The Morgan fingerprint density at radius 2 is 1.91 bits per heavy atom. The second kappa shape index (κ2) is 10.9. The summed E-state index contributed by atoms with van der Waals surface area (Å²) in [6.45, 7) is 1.20. The number of nitro groups is 1. The third-order valence-corrected chi connectivity index (χ3v) is 5.81. The van der Waals surface area contributed by atoms with Crippen LogP contribution in [0, 0.1) is 10.1 Å². The molecule has 1 aromatic heterocycles. The van der Waals surface area contributed by atoms with Crippen LogP contribution in [0.4, 0.5) is 10.8 Å². The van der Waals surface area contributed by atoms with Crippen LogP contribution in [0.3, 0.4) is 0 Å². The van der Waals surface area contributed by atoms with Crippen molar-refractivity contribution in [2.75, 3.05) is 46.3 Å². The van der Waals surface area contributed by atoms with E-state index < -0.39 is 4.92 Å². The number of nitrogens with zero attached hydrogens (tertiary/aromatic N) is 4. The molecule has 0 aliphatic heterocycles. The average Bonchev–Trinajstić information content (AvgIpc) is 3.30. The van der Waals surface area contributed by atoms with Gasteiger partial charge >= 0.3 is 0 Å².